The summed E-state index contributed by atoms with van der Waals surface area (Å²) in [5.41, 5.74) is 2.74. The summed E-state index contributed by atoms with van der Waals surface area (Å²) in [6.45, 7) is 2.93. The van der Waals surface area contributed by atoms with E-state index in [1.807, 2.05) is 23.1 Å². The molecular weight excluding hydrogens is 450 g/mol. The minimum atomic E-state index is -0.194. The third-order valence-corrected chi connectivity index (χ3v) is 7.42. The summed E-state index contributed by atoms with van der Waals surface area (Å²) in [5.74, 6) is 0.880. The summed E-state index contributed by atoms with van der Waals surface area (Å²) < 4.78 is 0. The second kappa shape index (κ2) is 10.7. The Bertz CT molecular complexity index is 1100. The monoisotopic (exact) mass is 481 g/mol. The summed E-state index contributed by atoms with van der Waals surface area (Å²) >= 11 is 1.59. The fourth-order valence-electron chi connectivity index (χ4n) is 4.62. The topological polar surface area (TPSA) is 116 Å². The number of hydrogen-bond donors (Lipinski definition) is 3. The molecule has 5 rings (SSSR count). The van der Waals surface area contributed by atoms with Crippen LogP contribution in [-0.4, -0.2) is 67.6 Å². The normalized spacial score (nSPS) is 20.9. The molecular formula is C24H31N7O2S. The Morgan fingerprint density at radius 3 is 2.79 bits per heavy atom. The maximum Gasteiger partial charge on any atom is 0.223 e. The molecule has 1 aliphatic carbocycles. The summed E-state index contributed by atoms with van der Waals surface area (Å²) in [4.78, 5) is 33.3. The van der Waals surface area contributed by atoms with Gasteiger partial charge in [0, 0.05) is 51.3 Å². The number of nitrogens with one attached hydrogen (secondary N) is 2. The van der Waals surface area contributed by atoms with Crippen LogP contribution in [0.3, 0.4) is 0 Å². The van der Waals surface area contributed by atoms with Crippen LogP contribution in [0.25, 0.3) is 10.3 Å². The van der Waals surface area contributed by atoms with Crippen molar-refractivity contribution in [1.29, 1.82) is 0 Å². The lowest BCUT2D eigenvalue weighted by Gasteiger charge is -2.26. The van der Waals surface area contributed by atoms with E-state index in [1.165, 1.54) is 0 Å². The van der Waals surface area contributed by atoms with Gasteiger partial charge in [0.15, 0.2) is 0 Å². The number of likely N-dealkylation sites (tertiary alicyclic amines) is 1. The molecule has 0 bridgehead atoms. The molecule has 9 nitrogen and oxygen atoms in total. The van der Waals surface area contributed by atoms with E-state index < -0.39 is 0 Å². The van der Waals surface area contributed by atoms with Crippen molar-refractivity contribution in [1.82, 2.24) is 30.2 Å². The zero-order valence-corrected chi connectivity index (χ0v) is 20.1. The number of pyridine rings is 1. The van der Waals surface area contributed by atoms with Crippen LogP contribution in [0.4, 0.5) is 5.95 Å². The van der Waals surface area contributed by atoms with Crippen LogP contribution >= 0.6 is 11.3 Å². The molecule has 1 saturated carbocycles. The van der Waals surface area contributed by atoms with E-state index in [0.717, 1.165) is 78.5 Å². The number of aliphatic hydroxyl groups excluding tert-OH is 1. The van der Waals surface area contributed by atoms with Crippen molar-refractivity contribution in [3.63, 3.8) is 0 Å². The van der Waals surface area contributed by atoms with E-state index in [9.17, 15) is 9.90 Å². The molecule has 2 fully saturated rings. The summed E-state index contributed by atoms with van der Waals surface area (Å²) in [6, 6.07) is 6.18. The van der Waals surface area contributed by atoms with Crippen LogP contribution in [0.1, 0.15) is 54.9 Å². The average Bonchev–Trinajstić information content (AvgIpc) is 3.43. The molecule has 3 aromatic heterocycles. The number of fused-ring (bicyclic) bond motifs is 1. The molecule has 34 heavy (non-hydrogen) atoms. The number of thiazole rings is 1. The first-order valence-corrected chi connectivity index (χ1v) is 12.9. The molecule has 10 heteroatoms. The fourth-order valence-corrected chi connectivity index (χ4v) is 5.54. The molecule has 0 spiro atoms. The molecule has 180 valence electrons. The Morgan fingerprint density at radius 2 is 2.00 bits per heavy atom. The van der Waals surface area contributed by atoms with Gasteiger partial charge in [-0.05, 0) is 50.3 Å². The van der Waals surface area contributed by atoms with E-state index in [1.54, 1.807) is 17.5 Å². The lowest BCUT2D eigenvalue weighted by Crippen LogP contribution is -2.33. The van der Waals surface area contributed by atoms with Gasteiger partial charge in [-0.3, -0.25) is 4.79 Å². The van der Waals surface area contributed by atoms with E-state index in [0.29, 0.717) is 25.3 Å². The number of aliphatic hydroxyl groups is 1. The van der Waals surface area contributed by atoms with Crippen molar-refractivity contribution < 1.29 is 9.90 Å². The number of rotatable bonds is 9. The van der Waals surface area contributed by atoms with Gasteiger partial charge in [0.1, 0.15) is 15.4 Å². The maximum atomic E-state index is 11.8. The van der Waals surface area contributed by atoms with Gasteiger partial charge in [-0.25, -0.2) is 19.9 Å². The summed E-state index contributed by atoms with van der Waals surface area (Å²) in [5, 5.41) is 17.7. The highest BCUT2D eigenvalue weighted by Crippen LogP contribution is 2.24. The van der Waals surface area contributed by atoms with Crippen molar-refractivity contribution in [3.8, 4) is 0 Å². The molecule has 3 aromatic rings. The number of nitrogens with zero attached hydrogens (tertiary/aromatic N) is 5. The second-order valence-electron chi connectivity index (χ2n) is 9.10. The Labute approximate surface area is 203 Å². The van der Waals surface area contributed by atoms with Crippen LogP contribution in [0.15, 0.2) is 24.4 Å². The minimum Gasteiger partial charge on any atom is -0.393 e. The van der Waals surface area contributed by atoms with Gasteiger partial charge < -0.3 is 20.6 Å². The maximum absolute atomic E-state index is 11.8. The largest absolute Gasteiger partial charge is 0.393 e. The number of amides is 1. The molecule has 4 heterocycles. The Balaban J connectivity index is 1.27. The van der Waals surface area contributed by atoms with Crippen molar-refractivity contribution in [2.75, 3.05) is 25.0 Å². The van der Waals surface area contributed by atoms with Gasteiger partial charge in [0.05, 0.1) is 17.5 Å². The highest BCUT2D eigenvalue weighted by molar-refractivity contribution is 7.18. The number of carbonyl (C=O) groups is 1. The molecule has 0 radical (unpaired) electrons. The molecule has 3 N–H and O–H groups in total. The van der Waals surface area contributed by atoms with E-state index in [4.69, 9.17) is 15.0 Å². The Morgan fingerprint density at radius 1 is 1.15 bits per heavy atom. The number of carbonyl (C=O) groups excluding carboxylic acids is 1. The van der Waals surface area contributed by atoms with Gasteiger partial charge in [-0.2, -0.15) is 0 Å². The van der Waals surface area contributed by atoms with Crippen LogP contribution in [0.2, 0.25) is 0 Å². The zero-order chi connectivity index (χ0) is 23.3. The van der Waals surface area contributed by atoms with Crippen LogP contribution < -0.4 is 10.6 Å². The predicted octanol–water partition coefficient (Wildman–Crippen LogP) is 2.50. The first kappa shape index (κ1) is 23.1. The molecule has 2 aliphatic rings. The van der Waals surface area contributed by atoms with Gasteiger partial charge in [-0.1, -0.05) is 11.3 Å². The number of anilines is 1. The van der Waals surface area contributed by atoms with E-state index in [2.05, 4.69) is 15.6 Å². The highest BCUT2D eigenvalue weighted by Gasteiger charge is 2.21. The van der Waals surface area contributed by atoms with Crippen molar-refractivity contribution in [3.05, 3.63) is 40.8 Å². The van der Waals surface area contributed by atoms with Gasteiger partial charge >= 0.3 is 0 Å². The summed E-state index contributed by atoms with van der Waals surface area (Å²) in [7, 11) is 0. The Hall–Kier alpha value is -2.69. The lowest BCUT2D eigenvalue weighted by atomic mass is 9.93. The molecule has 0 atom stereocenters. The van der Waals surface area contributed by atoms with E-state index >= 15 is 0 Å². The second-order valence-corrected chi connectivity index (χ2v) is 10.2. The smallest absolute Gasteiger partial charge is 0.223 e. The zero-order valence-electron chi connectivity index (χ0n) is 19.2. The fraction of sp³-hybridized carbons (Fsp3) is 0.542. The standard InChI is InChI=1S/C24H31N7O2S/c32-19-7-5-16(6-8-19)27-24-28-17(14-21-30-20-3-1-9-26-23(20)34-21)13-18(29-24)15-25-10-12-31-11-2-4-22(31)33/h1,3,9,13,16,19,25,32H,2,4-8,10-12,14-15H2,(H,27,28,29). The van der Waals surface area contributed by atoms with Gasteiger partial charge in [-0.15, -0.1) is 0 Å². The third kappa shape index (κ3) is 5.86. The lowest BCUT2D eigenvalue weighted by molar-refractivity contribution is -0.127. The predicted molar refractivity (Wildman–Crippen MR) is 132 cm³/mol. The number of hydrogen-bond acceptors (Lipinski definition) is 9. The molecule has 0 aromatic carbocycles. The minimum absolute atomic E-state index is 0.194. The van der Waals surface area contributed by atoms with Crippen LogP contribution in [-0.2, 0) is 17.8 Å². The molecule has 1 amide bonds. The highest BCUT2D eigenvalue weighted by atomic mass is 32.1. The van der Waals surface area contributed by atoms with Gasteiger partial charge in [0.25, 0.3) is 0 Å². The van der Waals surface area contributed by atoms with Crippen molar-refractivity contribution >= 4 is 33.5 Å². The van der Waals surface area contributed by atoms with Crippen LogP contribution in [0, 0.1) is 0 Å². The van der Waals surface area contributed by atoms with Crippen LogP contribution in [0.5, 0.6) is 0 Å². The third-order valence-electron chi connectivity index (χ3n) is 6.44. The number of aromatic nitrogens is 4. The van der Waals surface area contributed by atoms with Gasteiger partial charge in [0.2, 0.25) is 11.9 Å². The van der Waals surface area contributed by atoms with E-state index in [-0.39, 0.29) is 18.1 Å². The molecule has 0 unspecified atom stereocenters. The Kier molecular flexibility index (Phi) is 7.27. The SMILES string of the molecule is O=C1CCCN1CCNCc1cc(Cc2nc3cccnc3s2)nc(NC2CCC(O)CC2)n1. The van der Waals surface area contributed by atoms with Crippen molar-refractivity contribution in [2.45, 2.75) is 63.6 Å². The first-order chi connectivity index (χ1) is 16.6. The first-order valence-electron chi connectivity index (χ1n) is 12.1. The molecule has 1 saturated heterocycles. The average molecular weight is 482 g/mol. The summed E-state index contributed by atoms with van der Waals surface area (Å²) in [6.07, 6.45) is 7.28. The molecule has 1 aliphatic heterocycles. The van der Waals surface area contributed by atoms with Crippen molar-refractivity contribution in [2.24, 2.45) is 0 Å². The quantitative estimate of drug-likeness (QED) is 0.399.